The summed E-state index contributed by atoms with van der Waals surface area (Å²) < 4.78 is 0. The minimum atomic E-state index is 0.360. The normalized spacial score (nSPS) is 26.1. The summed E-state index contributed by atoms with van der Waals surface area (Å²) >= 11 is 6.18. The van der Waals surface area contributed by atoms with Gasteiger partial charge in [-0.1, -0.05) is 17.7 Å². The van der Waals surface area contributed by atoms with Crippen LogP contribution in [0.3, 0.4) is 0 Å². The number of piperidine rings is 1. The van der Waals surface area contributed by atoms with E-state index in [0.717, 1.165) is 18.1 Å². The molecule has 2 aliphatic rings. The van der Waals surface area contributed by atoms with Crippen LogP contribution in [0.15, 0.2) is 18.2 Å². The van der Waals surface area contributed by atoms with Gasteiger partial charge in [0.25, 0.3) is 0 Å². The molecule has 0 radical (unpaired) electrons. The van der Waals surface area contributed by atoms with E-state index in [2.05, 4.69) is 29.8 Å². The summed E-state index contributed by atoms with van der Waals surface area (Å²) in [5.41, 5.74) is 3.31. The Bertz CT molecular complexity index is 424. The van der Waals surface area contributed by atoms with E-state index in [1.807, 2.05) is 6.07 Å². The van der Waals surface area contributed by atoms with Gasteiger partial charge in [0.05, 0.1) is 0 Å². The summed E-state index contributed by atoms with van der Waals surface area (Å²) in [5, 5.41) is 7.78. The molecule has 1 heterocycles. The van der Waals surface area contributed by atoms with Crippen molar-refractivity contribution in [1.82, 2.24) is 10.6 Å². The van der Waals surface area contributed by atoms with Gasteiger partial charge in [-0.05, 0) is 68.1 Å². The molecule has 1 saturated heterocycles. The Hall–Kier alpha value is -0.570. The summed E-state index contributed by atoms with van der Waals surface area (Å²) in [5.74, 6) is 0. The molecule has 1 unspecified atom stereocenters. The summed E-state index contributed by atoms with van der Waals surface area (Å²) in [6.45, 7) is 2.25. The lowest BCUT2D eigenvalue weighted by Gasteiger charge is -2.35. The van der Waals surface area contributed by atoms with E-state index in [4.69, 9.17) is 11.6 Å². The predicted octanol–water partition coefficient (Wildman–Crippen LogP) is 2.63. The standard InChI is InChI=1S/C14H19ClN2/c1-16-13-9-14(4-6-17-7-5-14)12-8-10(15)2-3-11(12)13/h2-3,8,13,16-17H,4-7,9H2,1H3. The van der Waals surface area contributed by atoms with Gasteiger partial charge < -0.3 is 10.6 Å². The Balaban J connectivity index is 2.07. The van der Waals surface area contributed by atoms with Gasteiger partial charge in [0.2, 0.25) is 0 Å². The second-order valence-electron chi connectivity index (χ2n) is 5.31. The van der Waals surface area contributed by atoms with Crippen molar-refractivity contribution in [3.63, 3.8) is 0 Å². The van der Waals surface area contributed by atoms with Gasteiger partial charge in [-0.3, -0.25) is 0 Å². The molecule has 2 N–H and O–H groups in total. The lowest BCUT2D eigenvalue weighted by atomic mass is 9.74. The zero-order valence-electron chi connectivity index (χ0n) is 10.2. The average molecular weight is 251 g/mol. The molecule has 1 spiro atoms. The number of halogens is 1. The van der Waals surface area contributed by atoms with Gasteiger partial charge in [0, 0.05) is 11.1 Å². The van der Waals surface area contributed by atoms with E-state index >= 15 is 0 Å². The largest absolute Gasteiger partial charge is 0.317 e. The van der Waals surface area contributed by atoms with Crippen molar-refractivity contribution in [2.24, 2.45) is 0 Å². The lowest BCUT2D eigenvalue weighted by molar-refractivity contribution is 0.286. The number of fused-ring (bicyclic) bond motifs is 2. The Kier molecular flexibility index (Phi) is 2.89. The average Bonchev–Trinajstić information content (AvgIpc) is 2.64. The molecule has 1 aliphatic heterocycles. The SMILES string of the molecule is CNC1CC2(CCNCC2)c2cc(Cl)ccc21. The molecule has 1 fully saturated rings. The Morgan fingerprint density at radius 2 is 2.12 bits per heavy atom. The number of hydrogen-bond donors (Lipinski definition) is 2. The minimum absolute atomic E-state index is 0.360. The predicted molar refractivity (Wildman–Crippen MR) is 71.7 cm³/mol. The lowest BCUT2D eigenvalue weighted by Crippen LogP contribution is -2.38. The highest BCUT2D eigenvalue weighted by atomic mass is 35.5. The molecule has 2 nitrogen and oxygen atoms in total. The quantitative estimate of drug-likeness (QED) is 0.801. The van der Waals surface area contributed by atoms with E-state index in [9.17, 15) is 0 Å². The third-order valence-electron chi connectivity index (χ3n) is 4.47. The third-order valence-corrected chi connectivity index (χ3v) is 4.70. The number of rotatable bonds is 1. The van der Waals surface area contributed by atoms with E-state index in [-0.39, 0.29) is 0 Å². The molecule has 1 aliphatic carbocycles. The van der Waals surface area contributed by atoms with Crippen molar-refractivity contribution in [2.45, 2.75) is 30.7 Å². The molecular weight excluding hydrogens is 232 g/mol. The van der Waals surface area contributed by atoms with Crippen LogP contribution in [0.25, 0.3) is 0 Å². The number of benzene rings is 1. The maximum atomic E-state index is 6.18. The van der Waals surface area contributed by atoms with Gasteiger partial charge in [0.1, 0.15) is 0 Å². The Labute approximate surface area is 108 Å². The molecule has 3 heteroatoms. The van der Waals surface area contributed by atoms with Crippen molar-refractivity contribution in [2.75, 3.05) is 20.1 Å². The first-order valence-corrected chi connectivity index (χ1v) is 6.81. The highest BCUT2D eigenvalue weighted by molar-refractivity contribution is 6.30. The van der Waals surface area contributed by atoms with E-state index in [0.29, 0.717) is 11.5 Å². The molecular formula is C14H19ClN2. The van der Waals surface area contributed by atoms with E-state index in [1.54, 1.807) is 0 Å². The molecule has 0 saturated carbocycles. The monoisotopic (exact) mass is 250 g/mol. The van der Waals surface area contributed by atoms with Crippen LogP contribution in [0.5, 0.6) is 0 Å². The first-order valence-electron chi connectivity index (χ1n) is 6.43. The van der Waals surface area contributed by atoms with Crippen molar-refractivity contribution in [1.29, 1.82) is 0 Å². The molecule has 0 bridgehead atoms. The van der Waals surface area contributed by atoms with E-state index < -0.39 is 0 Å². The molecule has 92 valence electrons. The van der Waals surface area contributed by atoms with E-state index in [1.165, 1.54) is 30.4 Å². The summed E-state index contributed by atoms with van der Waals surface area (Å²) in [6, 6.07) is 6.92. The van der Waals surface area contributed by atoms with Gasteiger partial charge >= 0.3 is 0 Å². The third kappa shape index (κ3) is 1.79. The second-order valence-corrected chi connectivity index (χ2v) is 5.74. The van der Waals surface area contributed by atoms with Crippen molar-refractivity contribution >= 4 is 11.6 Å². The van der Waals surface area contributed by atoms with Crippen LogP contribution in [0.1, 0.15) is 36.4 Å². The minimum Gasteiger partial charge on any atom is -0.317 e. The molecule has 1 aromatic carbocycles. The molecule has 3 rings (SSSR count). The maximum absolute atomic E-state index is 6.18. The molecule has 0 amide bonds. The van der Waals surface area contributed by atoms with Crippen molar-refractivity contribution in [3.05, 3.63) is 34.3 Å². The van der Waals surface area contributed by atoms with Gasteiger partial charge in [-0.15, -0.1) is 0 Å². The first-order chi connectivity index (χ1) is 8.25. The summed E-state index contributed by atoms with van der Waals surface area (Å²) in [4.78, 5) is 0. The first kappa shape index (κ1) is 11.5. The van der Waals surface area contributed by atoms with Gasteiger partial charge in [-0.2, -0.15) is 0 Å². The summed E-state index contributed by atoms with van der Waals surface area (Å²) in [6.07, 6.45) is 3.69. The summed E-state index contributed by atoms with van der Waals surface area (Å²) in [7, 11) is 2.06. The zero-order valence-corrected chi connectivity index (χ0v) is 11.0. The highest BCUT2D eigenvalue weighted by Gasteiger charge is 2.43. The van der Waals surface area contributed by atoms with Crippen LogP contribution in [0.4, 0.5) is 0 Å². The van der Waals surface area contributed by atoms with Gasteiger partial charge in [-0.25, -0.2) is 0 Å². The zero-order chi connectivity index (χ0) is 11.9. The molecule has 17 heavy (non-hydrogen) atoms. The van der Waals surface area contributed by atoms with Gasteiger partial charge in [0.15, 0.2) is 0 Å². The van der Waals surface area contributed by atoms with Crippen LogP contribution in [-0.2, 0) is 5.41 Å². The maximum Gasteiger partial charge on any atom is 0.0409 e. The number of hydrogen-bond acceptors (Lipinski definition) is 2. The fourth-order valence-corrected chi connectivity index (χ4v) is 3.71. The Morgan fingerprint density at radius 3 is 2.82 bits per heavy atom. The van der Waals surface area contributed by atoms with Crippen LogP contribution in [-0.4, -0.2) is 20.1 Å². The second kappa shape index (κ2) is 4.27. The smallest absolute Gasteiger partial charge is 0.0409 e. The Morgan fingerprint density at radius 1 is 1.35 bits per heavy atom. The fourth-order valence-electron chi connectivity index (χ4n) is 3.54. The van der Waals surface area contributed by atoms with Crippen molar-refractivity contribution in [3.8, 4) is 0 Å². The molecule has 0 aromatic heterocycles. The highest BCUT2D eigenvalue weighted by Crippen LogP contribution is 2.50. The van der Waals surface area contributed by atoms with Crippen molar-refractivity contribution < 1.29 is 0 Å². The molecule has 1 aromatic rings. The van der Waals surface area contributed by atoms with Crippen LogP contribution in [0.2, 0.25) is 5.02 Å². The van der Waals surface area contributed by atoms with Crippen LogP contribution in [0, 0.1) is 0 Å². The van der Waals surface area contributed by atoms with Crippen LogP contribution < -0.4 is 10.6 Å². The topological polar surface area (TPSA) is 24.1 Å². The molecule has 1 atom stereocenters. The number of nitrogens with one attached hydrogen (secondary N) is 2. The van der Waals surface area contributed by atoms with Crippen LogP contribution >= 0.6 is 11.6 Å². The fraction of sp³-hybridized carbons (Fsp3) is 0.571.